The van der Waals surface area contributed by atoms with Gasteiger partial charge in [-0.25, -0.2) is 4.98 Å². The van der Waals surface area contributed by atoms with E-state index >= 15 is 0 Å². The van der Waals surface area contributed by atoms with Gasteiger partial charge >= 0.3 is 0 Å². The second-order valence-electron chi connectivity index (χ2n) is 11.4. The Hall–Kier alpha value is -1.44. The molecular formula is C29H53N7. The molecule has 7 heteroatoms. The summed E-state index contributed by atoms with van der Waals surface area (Å²) >= 11 is 0. The number of hydrogen-bond acceptors (Lipinski definition) is 7. The molecule has 3 N–H and O–H groups in total. The van der Waals surface area contributed by atoms with Crippen LogP contribution >= 0.6 is 0 Å². The summed E-state index contributed by atoms with van der Waals surface area (Å²) in [5.74, 6) is 2.75. The molecule has 1 aromatic heterocycles. The van der Waals surface area contributed by atoms with E-state index in [1.807, 2.05) is 6.20 Å². The van der Waals surface area contributed by atoms with E-state index in [0.717, 1.165) is 37.3 Å². The van der Waals surface area contributed by atoms with Crippen molar-refractivity contribution >= 4 is 11.8 Å². The first kappa shape index (κ1) is 27.6. The van der Waals surface area contributed by atoms with Gasteiger partial charge in [-0.15, -0.1) is 0 Å². The molecule has 204 valence electrons. The van der Waals surface area contributed by atoms with Crippen LogP contribution in [0, 0.1) is 5.92 Å². The predicted octanol–water partition coefficient (Wildman–Crippen LogP) is 4.66. The van der Waals surface area contributed by atoms with Crippen LogP contribution in [0.5, 0.6) is 0 Å². The lowest BCUT2D eigenvalue weighted by atomic mass is 9.90. The number of rotatable bonds is 12. The molecule has 0 spiro atoms. The Morgan fingerprint density at radius 2 is 1.83 bits per heavy atom. The molecule has 36 heavy (non-hydrogen) atoms. The maximum Gasteiger partial charge on any atom is 0.224 e. The van der Waals surface area contributed by atoms with Crippen molar-refractivity contribution in [2.45, 2.75) is 109 Å². The summed E-state index contributed by atoms with van der Waals surface area (Å²) in [6, 6.07) is 3.71. The SMILES string of the molecule is CCCC(CC)N1CCC[C@H](Nc2nccc(N3CCCCCC3)n2)[C@H]1CCNCC1CCNCC1. The first-order chi connectivity index (χ1) is 17.8. The number of aromatic nitrogens is 2. The Labute approximate surface area is 220 Å². The van der Waals surface area contributed by atoms with Gasteiger partial charge in [0.05, 0.1) is 0 Å². The Kier molecular flexibility index (Phi) is 11.6. The highest BCUT2D eigenvalue weighted by Gasteiger charge is 2.34. The highest BCUT2D eigenvalue weighted by atomic mass is 15.3. The van der Waals surface area contributed by atoms with E-state index in [2.05, 4.69) is 50.6 Å². The average molecular weight is 500 g/mol. The topological polar surface area (TPSA) is 68.3 Å². The molecule has 3 aliphatic rings. The molecule has 0 aromatic carbocycles. The molecule has 3 fully saturated rings. The minimum atomic E-state index is 0.407. The van der Waals surface area contributed by atoms with Gasteiger partial charge in [0.25, 0.3) is 0 Å². The average Bonchev–Trinajstić information content (AvgIpc) is 3.21. The van der Waals surface area contributed by atoms with Gasteiger partial charge in [0.2, 0.25) is 5.95 Å². The van der Waals surface area contributed by atoms with Crippen LogP contribution in [0.15, 0.2) is 12.3 Å². The summed E-state index contributed by atoms with van der Waals surface area (Å²) in [7, 11) is 0. The Morgan fingerprint density at radius 3 is 2.58 bits per heavy atom. The highest BCUT2D eigenvalue weighted by molar-refractivity contribution is 5.43. The fourth-order valence-corrected chi connectivity index (χ4v) is 6.71. The summed E-state index contributed by atoms with van der Waals surface area (Å²) in [4.78, 5) is 15.0. The zero-order valence-electron chi connectivity index (χ0n) is 23.2. The van der Waals surface area contributed by atoms with Crippen LogP contribution in [0.2, 0.25) is 0 Å². The van der Waals surface area contributed by atoms with E-state index in [-0.39, 0.29) is 0 Å². The molecule has 3 aliphatic heterocycles. The van der Waals surface area contributed by atoms with Gasteiger partial charge in [0.15, 0.2) is 0 Å². The van der Waals surface area contributed by atoms with Crippen molar-refractivity contribution in [3.63, 3.8) is 0 Å². The lowest BCUT2D eigenvalue weighted by Gasteiger charge is -2.46. The molecule has 0 aliphatic carbocycles. The number of likely N-dealkylation sites (tertiary alicyclic amines) is 1. The van der Waals surface area contributed by atoms with Crippen molar-refractivity contribution < 1.29 is 0 Å². The second kappa shape index (κ2) is 15.1. The second-order valence-corrected chi connectivity index (χ2v) is 11.4. The van der Waals surface area contributed by atoms with Crippen LogP contribution < -0.4 is 20.9 Å². The van der Waals surface area contributed by atoms with E-state index in [1.165, 1.54) is 103 Å². The van der Waals surface area contributed by atoms with Crippen molar-refractivity contribution in [1.82, 2.24) is 25.5 Å². The molecule has 3 saturated heterocycles. The molecule has 1 aromatic rings. The smallest absolute Gasteiger partial charge is 0.224 e. The number of anilines is 2. The van der Waals surface area contributed by atoms with Crippen LogP contribution in [0.25, 0.3) is 0 Å². The lowest BCUT2D eigenvalue weighted by molar-refractivity contribution is 0.0715. The summed E-state index contributed by atoms with van der Waals surface area (Å²) in [5.41, 5.74) is 0. The zero-order valence-corrected chi connectivity index (χ0v) is 23.2. The largest absolute Gasteiger partial charge is 0.356 e. The fourth-order valence-electron chi connectivity index (χ4n) is 6.71. The molecule has 0 saturated carbocycles. The standard InChI is InChI=1S/C29H53N7/c1-3-10-25(4-2)36-22-9-11-26(27(36)14-18-31-23-24-12-16-30-17-13-24)33-29-32-19-15-28(34-29)35-20-7-5-6-8-21-35/h15,19,24-27,30-31H,3-14,16-18,20-23H2,1-2H3,(H,32,33,34)/t25?,26-,27+/m0/s1. The molecule has 0 radical (unpaired) electrons. The molecular weight excluding hydrogens is 446 g/mol. The van der Waals surface area contributed by atoms with E-state index < -0.39 is 0 Å². The number of hydrogen-bond donors (Lipinski definition) is 3. The van der Waals surface area contributed by atoms with Crippen LogP contribution in [-0.2, 0) is 0 Å². The lowest BCUT2D eigenvalue weighted by Crippen LogP contribution is -2.56. The van der Waals surface area contributed by atoms with Gasteiger partial charge in [0.1, 0.15) is 5.82 Å². The quantitative estimate of drug-likeness (QED) is 0.361. The third-order valence-corrected chi connectivity index (χ3v) is 8.78. The molecule has 3 atom stereocenters. The zero-order chi connectivity index (χ0) is 25.0. The highest BCUT2D eigenvalue weighted by Crippen LogP contribution is 2.28. The molecule has 0 amide bonds. The number of nitrogens with one attached hydrogen (secondary N) is 3. The predicted molar refractivity (Wildman–Crippen MR) is 152 cm³/mol. The maximum absolute atomic E-state index is 5.01. The Balaban J connectivity index is 1.41. The van der Waals surface area contributed by atoms with E-state index in [4.69, 9.17) is 4.98 Å². The van der Waals surface area contributed by atoms with Crippen molar-refractivity contribution in [1.29, 1.82) is 0 Å². The fraction of sp³-hybridized carbons (Fsp3) is 0.862. The van der Waals surface area contributed by atoms with Crippen LogP contribution in [-0.4, -0.2) is 78.8 Å². The van der Waals surface area contributed by atoms with E-state index in [9.17, 15) is 0 Å². The van der Waals surface area contributed by atoms with Gasteiger partial charge in [-0.2, -0.15) is 4.98 Å². The Bertz CT molecular complexity index is 730. The third-order valence-electron chi connectivity index (χ3n) is 8.78. The first-order valence-electron chi connectivity index (χ1n) is 15.3. The van der Waals surface area contributed by atoms with Gasteiger partial charge in [-0.3, -0.25) is 4.90 Å². The molecule has 1 unspecified atom stereocenters. The van der Waals surface area contributed by atoms with Crippen LogP contribution in [0.4, 0.5) is 11.8 Å². The molecule has 4 heterocycles. The van der Waals surface area contributed by atoms with Gasteiger partial charge < -0.3 is 20.9 Å². The van der Waals surface area contributed by atoms with Gasteiger partial charge in [-0.05, 0) is 102 Å². The van der Waals surface area contributed by atoms with Gasteiger partial charge in [0, 0.05) is 37.4 Å². The summed E-state index contributed by atoms with van der Waals surface area (Å²) in [6.45, 7) is 12.8. The summed E-state index contributed by atoms with van der Waals surface area (Å²) in [5, 5.41) is 11.2. The van der Waals surface area contributed by atoms with Gasteiger partial charge in [-0.1, -0.05) is 33.1 Å². The minimum absolute atomic E-state index is 0.407. The minimum Gasteiger partial charge on any atom is -0.356 e. The summed E-state index contributed by atoms with van der Waals surface area (Å²) < 4.78 is 0. The third kappa shape index (κ3) is 8.03. The molecule has 7 nitrogen and oxygen atoms in total. The monoisotopic (exact) mass is 499 g/mol. The van der Waals surface area contributed by atoms with Crippen LogP contribution in [0.1, 0.15) is 90.9 Å². The number of piperidine rings is 2. The van der Waals surface area contributed by atoms with Crippen molar-refractivity contribution in [3.8, 4) is 0 Å². The maximum atomic E-state index is 5.01. The van der Waals surface area contributed by atoms with E-state index in [1.54, 1.807) is 0 Å². The molecule has 0 bridgehead atoms. The first-order valence-corrected chi connectivity index (χ1v) is 15.3. The number of nitrogens with zero attached hydrogens (tertiary/aromatic N) is 4. The van der Waals surface area contributed by atoms with Crippen molar-refractivity contribution in [2.75, 3.05) is 56.0 Å². The van der Waals surface area contributed by atoms with E-state index in [0.29, 0.717) is 18.1 Å². The van der Waals surface area contributed by atoms with Crippen molar-refractivity contribution in [3.05, 3.63) is 12.3 Å². The van der Waals surface area contributed by atoms with Crippen LogP contribution in [0.3, 0.4) is 0 Å². The normalized spacial score (nSPS) is 25.4. The van der Waals surface area contributed by atoms with Crippen molar-refractivity contribution in [2.24, 2.45) is 5.92 Å². The summed E-state index contributed by atoms with van der Waals surface area (Å²) in [6.07, 6.45) is 17.2. The Morgan fingerprint density at radius 1 is 1.03 bits per heavy atom. The molecule has 4 rings (SSSR count).